The second kappa shape index (κ2) is 11.7. The van der Waals surface area contributed by atoms with E-state index < -0.39 is 0 Å². The van der Waals surface area contributed by atoms with Crippen LogP contribution < -0.4 is 11.1 Å². The number of amides is 2. The number of carbonyl (C=O) groups excluding carboxylic acids is 1. The number of piperidine rings is 1. The number of carbonyl (C=O) groups is 1. The molecule has 1 unspecified atom stereocenters. The van der Waals surface area contributed by atoms with Gasteiger partial charge in [-0.3, -0.25) is 0 Å². The number of urea groups is 1. The summed E-state index contributed by atoms with van der Waals surface area (Å²) in [5, 5.41) is 4.02. The number of benzene rings is 1. The minimum Gasteiger partial charge on any atom is -0.371 e. The minimum atomic E-state index is -0.354. The SMILES string of the molecule is CC(C)OC(c1cccc(Cl)c1)[C@@H]1CCCN(C(=O)N[C@](C)(CN)CC2CCCCC2)C1. The van der Waals surface area contributed by atoms with Gasteiger partial charge in [-0.15, -0.1) is 0 Å². The molecule has 1 saturated heterocycles. The molecule has 1 aliphatic carbocycles. The summed E-state index contributed by atoms with van der Waals surface area (Å²) in [5.74, 6) is 0.899. The zero-order valence-electron chi connectivity index (χ0n) is 20.1. The molecule has 2 aliphatic rings. The summed E-state index contributed by atoms with van der Waals surface area (Å²) in [6.07, 6.45) is 9.43. The van der Waals surface area contributed by atoms with Crippen LogP contribution in [0.5, 0.6) is 0 Å². The standard InChI is InChI=1S/C26H42ClN3O2/c1-19(2)32-24(21-11-7-13-23(27)15-21)22-12-8-14-30(17-22)25(31)29-26(3,18-28)16-20-9-5-4-6-10-20/h7,11,13,15,19-20,22,24H,4-6,8-10,12,14,16-18,28H2,1-3H3,(H,29,31)/t22-,24?,26+/m1/s1. The molecule has 0 bridgehead atoms. The van der Waals surface area contributed by atoms with E-state index in [9.17, 15) is 4.79 Å². The Labute approximate surface area is 199 Å². The number of ether oxygens (including phenoxy) is 1. The van der Waals surface area contributed by atoms with E-state index in [0.717, 1.165) is 31.4 Å². The molecule has 1 aromatic carbocycles. The number of hydrogen-bond donors (Lipinski definition) is 2. The number of hydrogen-bond acceptors (Lipinski definition) is 3. The Balaban J connectivity index is 1.66. The lowest BCUT2D eigenvalue weighted by Crippen LogP contribution is -2.57. The van der Waals surface area contributed by atoms with Gasteiger partial charge in [0.1, 0.15) is 0 Å². The van der Waals surface area contributed by atoms with Crippen LogP contribution in [-0.2, 0) is 4.74 Å². The van der Waals surface area contributed by atoms with Crippen molar-refractivity contribution in [3.63, 3.8) is 0 Å². The minimum absolute atomic E-state index is 0.00727. The highest BCUT2D eigenvalue weighted by Crippen LogP contribution is 2.35. The van der Waals surface area contributed by atoms with Gasteiger partial charge in [-0.1, -0.05) is 55.8 Å². The molecule has 3 rings (SSSR count). The molecule has 3 N–H and O–H groups in total. The zero-order valence-corrected chi connectivity index (χ0v) is 20.9. The fourth-order valence-electron chi connectivity index (χ4n) is 5.43. The van der Waals surface area contributed by atoms with E-state index in [1.165, 1.54) is 32.1 Å². The largest absolute Gasteiger partial charge is 0.371 e. The van der Waals surface area contributed by atoms with E-state index in [4.69, 9.17) is 22.1 Å². The molecule has 2 fully saturated rings. The van der Waals surface area contributed by atoms with Crippen molar-refractivity contribution in [3.8, 4) is 0 Å². The van der Waals surface area contributed by atoms with Crippen LogP contribution in [0.2, 0.25) is 5.02 Å². The molecule has 180 valence electrons. The van der Waals surface area contributed by atoms with Gasteiger partial charge >= 0.3 is 6.03 Å². The van der Waals surface area contributed by atoms with E-state index in [-0.39, 0.29) is 29.7 Å². The van der Waals surface area contributed by atoms with Crippen LogP contribution in [0, 0.1) is 11.8 Å². The van der Waals surface area contributed by atoms with Crippen molar-refractivity contribution in [2.75, 3.05) is 19.6 Å². The molecular weight excluding hydrogens is 422 g/mol. The van der Waals surface area contributed by atoms with Gasteiger partial charge in [0.15, 0.2) is 0 Å². The summed E-state index contributed by atoms with van der Waals surface area (Å²) in [7, 11) is 0. The van der Waals surface area contributed by atoms with E-state index in [2.05, 4.69) is 32.2 Å². The highest BCUT2D eigenvalue weighted by molar-refractivity contribution is 6.30. The molecule has 1 aromatic rings. The third kappa shape index (κ3) is 7.10. The van der Waals surface area contributed by atoms with Gasteiger partial charge < -0.3 is 20.7 Å². The van der Waals surface area contributed by atoms with Crippen LogP contribution in [0.25, 0.3) is 0 Å². The molecule has 1 heterocycles. The maximum atomic E-state index is 13.3. The van der Waals surface area contributed by atoms with Gasteiger partial charge in [-0.25, -0.2) is 4.79 Å². The first-order valence-electron chi connectivity index (χ1n) is 12.5. The third-order valence-electron chi connectivity index (χ3n) is 7.09. The highest BCUT2D eigenvalue weighted by atomic mass is 35.5. The fourth-order valence-corrected chi connectivity index (χ4v) is 5.63. The molecule has 1 aliphatic heterocycles. The monoisotopic (exact) mass is 463 g/mol. The summed E-state index contributed by atoms with van der Waals surface area (Å²) in [5.41, 5.74) is 6.89. The number of likely N-dealkylation sites (tertiary alicyclic amines) is 1. The number of nitrogens with zero attached hydrogens (tertiary/aromatic N) is 1. The lowest BCUT2D eigenvalue weighted by molar-refractivity contribution is -0.0435. The van der Waals surface area contributed by atoms with E-state index in [0.29, 0.717) is 24.0 Å². The van der Waals surface area contributed by atoms with Gasteiger partial charge in [0.25, 0.3) is 0 Å². The summed E-state index contributed by atoms with van der Waals surface area (Å²) >= 11 is 6.27. The molecule has 1 saturated carbocycles. The van der Waals surface area contributed by atoms with E-state index in [1.807, 2.05) is 23.1 Å². The average Bonchev–Trinajstić information content (AvgIpc) is 2.78. The van der Waals surface area contributed by atoms with Gasteiger partial charge in [0.2, 0.25) is 0 Å². The van der Waals surface area contributed by atoms with Crippen molar-refractivity contribution in [2.45, 2.75) is 89.9 Å². The van der Waals surface area contributed by atoms with Crippen LogP contribution >= 0.6 is 11.6 Å². The first-order valence-corrected chi connectivity index (χ1v) is 12.9. The second-order valence-corrected chi connectivity index (χ2v) is 10.8. The number of halogens is 1. The van der Waals surface area contributed by atoms with Crippen molar-refractivity contribution in [3.05, 3.63) is 34.9 Å². The molecule has 6 heteroatoms. The van der Waals surface area contributed by atoms with Crippen LogP contribution in [0.4, 0.5) is 4.79 Å². The Hall–Kier alpha value is -1.30. The Kier molecular flexibility index (Phi) is 9.27. The molecule has 0 radical (unpaired) electrons. The zero-order chi connectivity index (χ0) is 23.1. The maximum absolute atomic E-state index is 13.3. The van der Waals surface area contributed by atoms with Gasteiger partial charge in [0, 0.05) is 30.6 Å². The summed E-state index contributed by atoms with van der Waals surface area (Å²) in [4.78, 5) is 15.3. The predicted molar refractivity (Wildman–Crippen MR) is 132 cm³/mol. The van der Waals surface area contributed by atoms with Crippen molar-refractivity contribution in [1.29, 1.82) is 0 Å². The lowest BCUT2D eigenvalue weighted by Gasteiger charge is -2.40. The molecule has 5 nitrogen and oxygen atoms in total. The summed E-state index contributed by atoms with van der Waals surface area (Å²) < 4.78 is 6.34. The number of nitrogens with one attached hydrogen (secondary N) is 1. The van der Waals surface area contributed by atoms with Gasteiger partial charge in [-0.05, 0) is 63.6 Å². The molecule has 32 heavy (non-hydrogen) atoms. The molecule has 2 amide bonds. The van der Waals surface area contributed by atoms with E-state index >= 15 is 0 Å². The van der Waals surface area contributed by atoms with Crippen LogP contribution in [0.15, 0.2) is 24.3 Å². The smallest absolute Gasteiger partial charge is 0.317 e. The van der Waals surface area contributed by atoms with Crippen LogP contribution in [-0.4, -0.2) is 42.2 Å². The Morgan fingerprint density at radius 2 is 2.00 bits per heavy atom. The van der Waals surface area contributed by atoms with Gasteiger partial charge in [0.05, 0.1) is 17.7 Å². The molecular formula is C26H42ClN3O2. The Morgan fingerprint density at radius 1 is 1.25 bits per heavy atom. The fraction of sp³-hybridized carbons (Fsp3) is 0.731. The summed E-state index contributed by atoms with van der Waals surface area (Å²) in [6.45, 7) is 8.15. The lowest BCUT2D eigenvalue weighted by atomic mass is 9.80. The topological polar surface area (TPSA) is 67.6 Å². The first-order chi connectivity index (χ1) is 15.3. The predicted octanol–water partition coefficient (Wildman–Crippen LogP) is 5.92. The van der Waals surface area contributed by atoms with Gasteiger partial charge in [-0.2, -0.15) is 0 Å². The third-order valence-corrected chi connectivity index (χ3v) is 7.33. The Bertz CT molecular complexity index is 738. The van der Waals surface area contributed by atoms with Crippen molar-refractivity contribution in [2.24, 2.45) is 17.6 Å². The Morgan fingerprint density at radius 3 is 2.66 bits per heavy atom. The second-order valence-electron chi connectivity index (χ2n) is 10.4. The van der Waals surface area contributed by atoms with Crippen molar-refractivity contribution in [1.82, 2.24) is 10.2 Å². The molecule has 0 aromatic heterocycles. The molecule has 3 atom stereocenters. The van der Waals surface area contributed by atoms with Crippen LogP contribution in [0.3, 0.4) is 0 Å². The van der Waals surface area contributed by atoms with Crippen molar-refractivity contribution >= 4 is 17.6 Å². The molecule has 0 spiro atoms. The number of nitrogens with two attached hydrogens (primary N) is 1. The van der Waals surface area contributed by atoms with E-state index in [1.54, 1.807) is 0 Å². The van der Waals surface area contributed by atoms with Crippen molar-refractivity contribution < 1.29 is 9.53 Å². The average molecular weight is 464 g/mol. The summed E-state index contributed by atoms with van der Waals surface area (Å²) in [6, 6.07) is 7.93. The first kappa shape index (κ1) is 25.3. The highest BCUT2D eigenvalue weighted by Gasteiger charge is 2.35. The van der Waals surface area contributed by atoms with Crippen LogP contribution in [0.1, 0.15) is 83.8 Å². The quantitative estimate of drug-likeness (QED) is 0.503. The normalized spacial score (nSPS) is 23.1. The maximum Gasteiger partial charge on any atom is 0.317 e. The number of rotatable bonds is 8.